The topological polar surface area (TPSA) is 32.6 Å². The van der Waals surface area contributed by atoms with Crippen LogP contribution in [0, 0.1) is 11.3 Å². The highest BCUT2D eigenvalue weighted by Crippen LogP contribution is 2.05. The van der Waals surface area contributed by atoms with Crippen LogP contribution in [0.1, 0.15) is 16.7 Å². The molecule has 3 aromatic rings. The molecule has 0 aliphatic heterocycles. The Balaban J connectivity index is 1.68. The van der Waals surface area contributed by atoms with Gasteiger partial charge in [0, 0.05) is 0 Å². The summed E-state index contributed by atoms with van der Waals surface area (Å²) in [6, 6.07) is 20.3. The van der Waals surface area contributed by atoms with E-state index in [2.05, 4.69) is 58.2 Å². The third-order valence-electron chi connectivity index (χ3n) is 3.40. The van der Waals surface area contributed by atoms with Crippen LogP contribution in [0.25, 0.3) is 0 Å². The Labute approximate surface area is 124 Å². The zero-order valence-electron chi connectivity index (χ0n) is 11.7. The molecule has 0 radical (unpaired) electrons. The van der Waals surface area contributed by atoms with Gasteiger partial charge in [0.05, 0.1) is 11.6 Å². The summed E-state index contributed by atoms with van der Waals surface area (Å²) >= 11 is 0. The first-order valence-electron chi connectivity index (χ1n) is 6.91. The van der Waals surface area contributed by atoms with Gasteiger partial charge in [0.2, 0.25) is 6.33 Å². The summed E-state index contributed by atoms with van der Waals surface area (Å²) in [5.74, 6) is 0. The summed E-state index contributed by atoms with van der Waals surface area (Å²) in [6.45, 7) is 1.69. The van der Waals surface area contributed by atoms with E-state index in [9.17, 15) is 0 Å². The number of rotatable bonds is 4. The van der Waals surface area contributed by atoms with Crippen molar-refractivity contribution >= 4 is 0 Å². The van der Waals surface area contributed by atoms with Gasteiger partial charge in [0.1, 0.15) is 25.5 Å². The van der Waals surface area contributed by atoms with Crippen LogP contribution < -0.4 is 4.57 Å². The number of benzene rings is 2. The summed E-state index contributed by atoms with van der Waals surface area (Å²) < 4.78 is 4.31. The van der Waals surface area contributed by atoms with Gasteiger partial charge in [0.25, 0.3) is 0 Å². The van der Waals surface area contributed by atoms with Gasteiger partial charge < -0.3 is 0 Å². The Kier molecular flexibility index (Phi) is 3.79. The van der Waals surface area contributed by atoms with Crippen LogP contribution in [0.4, 0.5) is 0 Å². The SMILES string of the molecule is N#Cc1ccc(Cn2cc[n+](Cc3ccccc3)c2)cc1. The maximum Gasteiger partial charge on any atom is 0.244 e. The number of imidazole rings is 1. The maximum absolute atomic E-state index is 8.80. The van der Waals surface area contributed by atoms with E-state index in [-0.39, 0.29) is 0 Å². The average Bonchev–Trinajstić information content (AvgIpc) is 2.96. The Morgan fingerprint density at radius 1 is 0.952 bits per heavy atom. The fourth-order valence-corrected chi connectivity index (χ4v) is 2.32. The van der Waals surface area contributed by atoms with E-state index >= 15 is 0 Å². The standard InChI is InChI=1S/C18H16N3/c19-12-16-6-8-18(9-7-16)14-21-11-10-20(15-21)13-17-4-2-1-3-5-17/h1-11,15H,13-14H2/q+1. The molecule has 0 aliphatic rings. The monoisotopic (exact) mass is 274 g/mol. The van der Waals surface area contributed by atoms with Crippen molar-refractivity contribution in [2.75, 3.05) is 0 Å². The van der Waals surface area contributed by atoms with Crippen LogP contribution in [-0.2, 0) is 13.1 Å². The molecule has 3 heteroatoms. The van der Waals surface area contributed by atoms with E-state index in [1.165, 1.54) is 11.1 Å². The van der Waals surface area contributed by atoms with Crippen LogP contribution in [0.15, 0.2) is 73.3 Å². The molecule has 21 heavy (non-hydrogen) atoms. The van der Waals surface area contributed by atoms with Crippen LogP contribution in [0.2, 0.25) is 0 Å². The van der Waals surface area contributed by atoms with Crippen molar-refractivity contribution < 1.29 is 4.57 Å². The number of nitrogens with zero attached hydrogens (tertiary/aromatic N) is 3. The second kappa shape index (κ2) is 6.06. The van der Waals surface area contributed by atoms with Gasteiger partial charge in [0.15, 0.2) is 0 Å². The Hall–Kier alpha value is -2.86. The van der Waals surface area contributed by atoms with Crippen molar-refractivity contribution in [1.82, 2.24) is 4.57 Å². The molecule has 102 valence electrons. The Bertz CT molecular complexity index is 749. The van der Waals surface area contributed by atoms with Gasteiger partial charge in [-0.25, -0.2) is 9.13 Å². The van der Waals surface area contributed by atoms with E-state index < -0.39 is 0 Å². The van der Waals surface area contributed by atoms with E-state index in [0.717, 1.165) is 13.1 Å². The van der Waals surface area contributed by atoms with Crippen molar-refractivity contribution in [3.05, 3.63) is 90.0 Å². The lowest BCUT2D eigenvalue weighted by Crippen LogP contribution is -2.31. The quantitative estimate of drug-likeness (QED) is 0.673. The van der Waals surface area contributed by atoms with E-state index in [1.54, 1.807) is 0 Å². The number of aromatic nitrogens is 2. The summed E-state index contributed by atoms with van der Waals surface area (Å²) in [4.78, 5) is 0. The molecule has 0 saturated carbocycles. The first-order chi connectivity index (χ1) is 10.3. The van der Waals surface area contributed by atoms with Crippen LogP contribution in [0.3, 0.4) is 0 Å². The van der Waals surface area contributed by atoms with Gasteiger partial charge in [-0.3, -0.25) is 0 Å². The molecule has 3 rings (SSSR count). The molecule has 2 aromatic carbocycles. The molecule has 1 aromatic heterocycles. The Morgan fingerprint density at radius 3 is 2.43 bits per heavy atom. The number of hydrogen-bond donors (Lipinski definition) is 0. The highest BCUT2D eigenvalue weighted by atomic mass is 15.1. The predicted molar refractivity (Wildman–Crippen MR) is 80.4 cm³/mol. The maximum atomic E-state index is 8.80. The van der Waals surface area contributed by atoms with Crippen LogP contribution in [0.5, 0.6) is 0 Å². The molecule has 0 amide bonds. The lowest BCUT2D eigenvalue weighted by molar-refractivity contribution is -0.687. The minimum absolute atomic E-state index is 0.699. The fraction of sp³-hybridized carbons (Fsp3) is 0.111. The van der Waals surface area contributed by atoms with Crippen molar-refractivity contribution in [3.63, 3.8) is 0 Å². The van der Waals surface area contributed by atoms with Crippen molar-refractivity contribution in [2.45, 2.75) is 13.1 Å². The second-order valence-corrected chi connectivity index (χ2v) is 5.05. The van der Waals surface area contributed by atoms with Crippen molar-refractivity contribution in [1.29, 1.82) is 5.26 Å². The van der Waals surface area contributed by atoms with E-state index in [4.69, 9.17) is 5.26 Å². The highest BCUT2D eigenvalue weighted by Gasteiger charge is 2.05. The fourth-order valence-electron chi connectivity index (χ4n) is 2.32. The van der Waals surface area contributed by atoms with Crippen molar-refractivity contribution in [2.24, 2.45) is 0 Å². The molecule has 0 fully saturated rings. The Morgan fingerprint density at radius 2 is 1.71 bits per heavy atom. The molecular formula is C18H16N3+. The molecule has 0 spiro atoms. The van der Waals surface area contributed by atoms with Gasteiger partial charge in [-0.1, -0.05) is 42.5 Å². The van der Waals surface area contributed by atoms with Gasteiger partial charge in [-0.2, -0.15) is 5.26 Å². The molecule has 3 nitrogen and oxygen atoms in total. The third-order valence-corrected chi connectivity index (χ3v) is 3.40. The second-order valence-electron chi connectivity index (χ2n) is 5.05. The molecule has 0 unspecified atom stereocenters. The summed E-state index contributed by atoms with van der Waals surface area (Å²) in [5, 5.41) is 8.80. The lowest BCUT2D eigenvalue weighted by atomic mass is 10.1. The number of hydrogen-bond acceptors (Lipinski definition) is 1. The summed E-state index contributed by atoms with van der Waals surface area (Å²) in [7, 11) is 0. The molecule has 0 N–H and O–H groups in total. The summed E-state index contributed by atoms with van der Waals surface area (Å²) in [6.07, 6.45) is 6.25. The molecule has 0 atom stereocenters. The number of nitriles is 1. The molecule has 1 heterocycles. The first kappa shape index (κ1) is 13.1. The smallest absolute Gasteiger partial charge is 0.233 e. The average molecular weight is 274 g/mol. The van der Waals surface area contributed by atoms with Crippen LogP contribution in [-0.4, -0.2) is 4.57 Å². The van der Waals surface area contributed by atoms with Gasteiger partial charge in [-0.15, -0.1) is 0 Å². The largest absolute Gasteiger partial charge is 0.244 e. The molecule has 0 saturated heterocycles. The zero-order valence-corrected chi connectivity index (χ0v) is 11.7. The van der Waals surface area contributed by atoms with E-state index in [0.29, 0.717) is 5.56 Å². The minimum Gasteiger partial charge on any atom is -0.233 e. The minimum atomic E-state index is 0.699. The predicted octanol–water partition coefficient (Wildman–Crippen LogP) is 2.74. The molecular weight excluding hydrogens is 258 g/mol. The normalized spacial score (nSPS) is 10.2. The summed E-state index contributed by atoms with van der Waals surface area (Å²) in [5.41, 5.74) is 3.18. The molecule has 0 bridgehead atoms. The van der Waals surface area contributed by atoms with Crippen molar-refractivity contribution in [3.8, 4) is 6.07 Å². The van der Waals surface area contributed by atoms with Crippen LogP contribution >= 0.6 is 0 Å². The molecule has 0 aliphatic carbocycles. The zero-order chi connectivity index (χ0) is 14.5. The third kappa shape index (κ3) is 3.37. The van der Waals surface area contributed by atoms with Gasteiger partial charge >= 0.3 is 0 Å². The lowest BCUT2D eigenvalue weighted by Gasteiger charge is -1.98. The highest BCUT2D eigenvalue weighted by molar-refractivity contribution is 5.31. The van der Waals surface area contributed by atoms with Gasteiger partial charge in [-0.05, 0) is 23.3 Å². The first-order valence-corrected chi connectivity index (χ1v) is 6.91. The van der Waals surface area contributed by atoms with E-state index in [1.807, 2.05) is 30.3 Å².